The highest BCUT2D eigenvalue weighted by atomic mass is 79.9. The van der Waals surface area contributed by atoms with Crippen LogP contribution in [0.25, 0.3) is 6.08 Å². The van der Waals surface area contributed by atoms with E-state index in [-0.39, 0.29) is 11.1 Å². The van der Waals surface area contributed by atoms with Crippen LogP contribution in [0.1, 0.15) is 31.0 Å². The lowest BCUT2D eigenvalue weighted by molar-refractivity contribution is -0.136. The first-order chi connectivity index (χ1) is 17.7. The van der Waals surface area contributed by atoms with Crippen molar-refractivity contribution in [2.45, 2.75) is 19.9 Å². The van der Waals surface area contributed by atoms with Crippen LogP contribution in [0.2, 0.25) is 0 Å². The second kappa shape index (κ2) is 10.7. The van der Waals surface area contributed by atoms with Gasteiger partial charge < -0.3 is 18.9 Å². The Morgan fingerprint density at radius 2 is 1.76 bits per heavy atom. The largest absolute Gasteiger partial charge is 0.493 e. The second-order valence-electron chi connectivity index (χ2n) is 7.96. The predicted octanol–water partition coefficient (Wildman–Crippen LogP) is 3.11. The Kier molecular flexibility index (Phi) is 7.65. The molecule has 1 aliphatic heterocycles. The Morgan fingerprint density at radius 1 is 1.05 bits per heavy atom. The zero-order chi connectivity index (χ0) is 26.9. The van der Waals surface area contributed by atoms with Crippen molar-refractivity contribution in [1.82, 2.24) is 4.57 Å². The van der Waals surface area contributed by atoms with Crippen LogP contribution >= 0.6 is 27.3 Å². The molecule has 192 valence electrons. The highest BCUT2D eigenvalue weighted by Crippen LogP contribution is 2.36. The molecule has 9 nitrogen and oxygen atoms in total. The number of rotatable bonds is 6. The number of nitrogens with zero attached hydrogens (tertiary/aromatic N) is 2. The molecule has 0 fully saturated rings. The van der Waals surface area contributed by atoms with Crippen LogP contribution in [0.15, 0.2) is 61.9 Å². The molecule has 0 saturated heterocycles. The van der Waals surface area contributed by atoms with E-state index < -0.39 is 18.0 Å². The minimum Gasteiger partial charge on any atom is -0.493 e. The second-order valence-corrected chi connectivity index (χ2v) is 9.89. The van der Waals surface area contributed by atoms with Crippen molar-refractivity contribution in [2.24, 2.45) is 4.99 Å². The fraction of sp³-hybridized carbons (Fsp3) is 0.231. The van der Waals surface area contributed by atoms with Crippen molar-refractivity contribution >= 4 is 45.3 Å². The van der Waals surface area contributed by atoms with Gasteiger partial charge in [0.25, 0.3) is 5.56 Å². The van der Waals surface area contributed by atoms with E-state index in [1.54, 1.807) is 49.4 Å². The summed E-state index contributed by atoms with van der Waals surface area (Å²) in [4.78, 5) is 43.2. The van der Waals surface area contributed by atoms with E-state index in [1.165, 1.54) is 32.8 Å². The molecule has 1 atom stereocenters. The van der Waals surface area contributed by atoms with Gasteiger partial charge in [-0.05, 0) is 48.9 Å². The first-order valence-corrected chi connectivity index (χ1v) is 12.6. The molecule has 1 aromatic heterocycles. The Hall–Kier alpha value is -3.70. The molecule has 0 radical (unpaired) electrons. The summed E-state index contributed by atoms with van der Waals surface area (Å²) in [6.45, 7) is 3.00. The molecule has 0 amide bonds. The molecule has 0 spiro atoms. The molecule has 2 heterocycles. The van der Waals surface area contributed by atoms with Gasteiger partial charge in [-0.2, -0.15) is 0 Å². The van der Waals surface area contributed by atoms with Crippen molar-refractivity contribution in [3.05, 3.63) is 83.0 Å². The van der Waals surface area contributed by atoms with E-state index >= 15 is 0 Å². The van der Waals surface area contributed by atoms with Crippen molar-refractivity contribution < 1.29 is 28.5 Å². The minimum atomic E-state index is -0.818. The first-order valence-electron chi connectivity index (χ1n) is 11.0. The summed E-state index contributed by atoms with van der Waals surface area (Å²) < 4.78 is 23.7. The first kappa shape index (κ1) is 26.4. The van der Waals surface area contributed by atoms with Gasteiger partial charge in [0.05, 0.1) is 43.2 Å². The van der Waals surface area contributed by atoms with Crippen LogP contribution in [-0.4, -0.2) is 37.8 Å². The van der Waals surface area contributed by atoms with Crippen LogP contribution in [0.4, 0.5) is 0 Å². The average molecular weight is 587 g/mol. The number of benzene rings is 2. The van der Waals surface area contributed by atoms with Crippen molar-refractivity contribution in [3.8, 4) is 17.2 Å². The summed E-state index contributed by atoms with van der Waals surface area (Å²) in [5, 5.41) is 0. The molecule has 0 N–H and O–H groups in total. The number of esters is 2. The van der Waals surface area contributed by atoms with Gasteiger partial charge in [0.2, 0.25) is 0 Å². The highest BCUT2D eigenvalue weighted by Gasteiger charge is 2.33. The van der Waals surface area contributed by atoms with Crippen molar-refractivity contribution in [1.29, 1.82) is 0 Å². The van der Waals surface area contributed by atoms with Crippen molar-refractivity contribution in [2.75, 3.05) is 21.3 Å². The maximum absolute atomic E-state index is 13.8. The number of hydrogen-bond donors (Lipinski definition) is 0. The summed E-state index contributed by atoms with van der Waals surface area (Å²) in [5.41, 5.74) is 1.44. The zero-order valence-corrected chi connectivity index (χ0v) is 23.1. The predicted molar refractivity (Wildman–Crippen MR) is 141 cm³/mol. The van der Waals surface area contributed by atoms with Gasteiger partial charge >= 0.3 is 11.9 Å². The number of methoxy groups -OCH3 is 3. The zero-order valence-electron chi connectivity index (χ0n) is 20.7. The Balaban J connectivity index is 1.98. The van der Waals surface area contributed by atoms with Gasteiger partial charge in [-0.1, -0.05) is 33.3 Å². The molecule has 1 aliphatic rings. The van der Waals surface area contributed by atoms with Gasteiger partial charge in [0.1, 0.15) is 5.75 Å². The standard InChI is InChI=1S/C26H23BrN2O7S/c1-13-22(25(32)35-5)23(15-6-8-19(33-3)20(11-15)34-4)29-24(31)21(37-26(29)28-13)12-16-10-17(27)7-9-18(16)36-14(2)30/h6-12,23H,1-5H3/b21-12-. The van der Waals surface area contributed by atoms with Gasteiger partial charge in [-0.15, -0.1) is 0 Å². The third-order valence-corrected chi connectivity index (χ3v) is 7.14. The SMILES string of the molecule is COC(=O)C1=C(C)N=c2s/c(=C\c3cc(Br)ccc3OC(C)=O)c(=O)n2C1c1ccc(OC)c(OC)c1. The lowest BCUT2D eigenvalue weighted by atomic mass is 9.95. The number of carbonyl (C=O) groups excluding carboxylic acids is 2. The maximum atomic E-state index is 13.8. The number of halogens is 1. The summed E-state index contributed by atoms with van der Waals surface area (Å²) in [7, 11) is 4.31. The smallest absolute Gasteiger partial charge is 0.338 e. The van der Waals surface area contributed by atoms with Crippen LogP contribution in [0.5, 0.6) is 17.2 Å². The van der Waals surface area contributed by atoms with E-state index in [2.05, 4.69) is 20.9 Å². The van der Waals surface area contributed by atoms with Crippen LogP contribution in [0, 0.1) is 0 Å². The van der Waals surface area contributed by atoms with E-state index in [9.17, 15) is 14.4 Å². The third kappa shape index (κ3) is 5.09. The number of allylic oxidation sites excluding steroid dienone is 1. The molecule has 0 bridgehead atoms. The monoisotopic (exact) mass is 586 g/mol. The molecule has 4 rings (SSSR count). The summed E-state index contributed by atoms with van der Waals surface area (Å²) >= 11 is 4.58. The van der Waals surface area contributed by atoms with E-state index in [0.717, 1.165) is 15.8 Å². The Bertz CT molecular complexity index is 1620. The maximum Gasteiger partial charge on any atom is 0.338 e. The summed E-state index contributed by atoms with van der Waals surface area (Å²) in [6.07, 6.45) is 1.63. The third-order valence-electron chi connectivity index (χ3n) is 5.66. The molecule has 37 heavy (non-hydrogen) atoms. The molecular formula is C26H23BrN2O7S. The minimum absolute atomic E-state index is 0.233. The number of thiazole rings is 1. The topological polar surface area (TPSA) is 105 Å². The Morgan fingerprint density at radius 3 is 2.41 bits per heavy atom. The van der Waals surface area contributed by atoms with Gasteiger partial charge in [0.15, 0.2) is 16.3 Å². The van der Waals surface area contributed by atoms with Crippen LogP contribution in [0.3, 0.4) is 0 Å². The molecule has 0 aliphatic carbocycles. The molecule has 0 saturated carbocycles. The fourth-order valence-corrected chi connectivity index (χ4v) is 5.47. The van der Waals surface area contributed by atoms with E-state index in [1.807, 2.05) is 0 Å². The van der Waals surface area contributed by atoms with Crippen LogP contribution in [-0.2, 0) is 14.3 Å². The molecular weight excluding hydrogens is 564 g/mol. The molecule has 2 aromatic carbocycles. The fourth-order valence-electron chi connectivity index (χ4n) is 4.05. The molecule has 1 unspecified atom stereocenters. The van der Waals surface area contributed by atoms with Gasteiger partial charge in [-0.25, -0.2) is 9.79 Å². The quantitative estimate of drug-likeness (QED) is 0.323. The van der Waals surface area contributed by atoms with Crippen LogP contribution < -0.4 is 29.1 Å². The lowest BCUT2D eigenvalue weighted by Crippen LogP contribution is -2.39. The number of hydrogen-bond acceptors (Lipinski definition) is 9. The molecule has 3 aromatic rings. The normalized spacial score (nSPS) is 15.1. The Labute approximate surface area is 224 Å². The average Bonchev–Trinajstić information content (AvgIpc) is 3.17. The lowest BCUT2D eigenvalue weighted by Gasteiger charge is -2.25. The van der Waals surface area contributed by atoms with Crippen molar-refractivity contribution in [3.63, 3.8) is 0 Å². The van der Waals surface area contributed by atoms with Gasteiger partial charge in [-0.3, -0.25) is 14.2 Å². The summed E-state index contributed by atoms with van der Waals surface area (Å²) in [6, 6.07) is 9.49. The number of ether oxygens (including phenoxy) is 4. The molecule has 11 heteroatoms. The van der Waals surface area contributed by atoms with Gasteiger partial charge in [0, 0.05) is 17.0 Å². The summed E-state index contributed by atoms with van der Waals surface area (Å²) in [5.74, 6) is 0.182. The van der Waals surface area contributed by atoms with E-state index in [0.29, 0.717) is 43.4 Å². The number of fused-ring (bicyclic) bond motifs is 1. The number of carbonyl (C=O) groups is 2. The highest BCUT2D eigenvalue weighted by molar-refractivity contribution is 9.10. The number of aromatic nitrogens is 1. The van der Waals surface area contributed by atoms with E-state index in [4.69, 9.17) is 18.9 Å².